The van der Waals surface area contributed by atoms with E-state index in [4.69, 9.17) is 9.84 Å². The molecule has 0 saturated carbocycles. The summed E-state index contributed by atoms with van der Waals surface area (Å²) < 4.78 is 5.37. The molecule has 0 aromatic carbocycles. The van der Waals surface area contributed by atoms with Crippen LogP contribution in [0.5, 0.6) is 0 Å². The van der Waals surface area contributed by atoms with Crippen LogP contribution in [0, 0.1) is 5.92 Å². The van der Waals surface area contributed by atoms with Crippen LogP contribution in [0.3, 0.4) is 0 Å². The molecule has 1 saturated heterocycles. The molecule has 3 atom stereocenters. The van der Waals surface area contributed by atoms with Gasteiger partial charge in [-0.1, -0.05) is 6.92 Å². The zero-order valence-corrected chi connectivity index (χ0v) is 6.00. The molecule has 52 valence electrons. The summed E-state index contributed by atoms with van der Waals surface area (Å²) in [5.74, 6) is 0.532. The first kappa shape index (κ1) is 7.10. The fourth-order valence-corrected chi connectivity index (χ4v) is 1.39. The van der Waals surface area contributed by atoms with Crippen molar-refractivity contribution >= 4 is 7.85 Å². The fraction of sp³-hybridized carbons (Fsp3) is 1.00. The molecule has 0 aromatic rings. The van der Waals surface area contributed by atoms with Gasteiger partial charge in [0.25, 0.3) is 0 Å². The first-order chi connectivity index (χ1) is 4.24. The quantitative estimate of drug-likeness (QED) is 0.476. The van der Waals surface area contributed by atoms with Crippen molar-refractivity contribution in [2.24, 2.45) is 5.92 Å². The highest BCUT2D eigenvalue weighted by atomic mass is 16.5. The summed E-state index contributed by atoms with van der Waals surface area (Å²) in [7, 11) is 2.05. The highest BCUT2D eigenvalue weighted by Crippen LogP contribution is 2.23. The maximum absolute atomic E-state index is 8.73. The van der Waals surface area contributed by atoms with Gasteiger partial charge in [-0.05, 0) is 12.3 Å². The van der Waals surface area contributed by atoms with E-state index in [0.29, 0.717) is 11.9 Å². The molecule has 0 radical (unpaired) electrons. The molecule has 1 fully saturated rings. The first-order valence-electron chi connectivity index (χ1n) is 3.50. The van der Waals surface area contributed by atoms with Crippen molar-refractivity contribution in [2.75, 3.05) is 6.61 Å². The van der Waals surface area contributed by atoms with Crippen LogP contribution in [-0.4, -0.2) is 31.7 Å². The summed E-state index contributed by atoms with van der Waals surface area (Å²) >= 11 is 0. The van der Waals surface area contributed by atoms with Crippen molar-refractivity contribution in [1.29, 1.82) is 0 Å². The number of ether oxygens (including phenoxy) is 1. The van der Waals surface area contributed by atoms with Crippen molar-refractivity contribution in [3.63, 3.8) is 0 Å². The number of aliphatic hydroxyl groups is 1. The number of rotatable bonds is 1. The topological polar surface area (TPSA) is 29.5 Å². The first-order valence-corrected chi connectivity index (χ1v) is 3.50. The van der Waals surface area contributed by atoms with Crippen LogP contribution in [0.1, 0.15) is 13.3 Å². The Morgan fingerprint density at radius 3 is 2.67 bits per heavy atom. The normalized spacial score (nSPS) is 43.6. The molecule has 1 aliphatic heterocycles. The van der Waals surface area contributed by atoms with Crippen LogP contribution >= 0.6 is 0 Å². The van der Waals surface area contributed by atoms with E-state index < -0.39 is 0 Å². The standard InChI is InChI=1S/C6H13BO2/c1-4-2-6(7)9-5(4)3-8/h4-6,8H,2-3,7H2,1H3/t4?,5-,6-/m1/s1. The van der Waals surface area contributed by atoms with Crippen molar-refractivity contribution in [3.05, 3.63) is 0 Å². The van der Waals surface area contributed by atoms with E-state index >= 15 is 0 Å². The molecule has 1 N–H and O–H groups in total. The van der Waals surface area contributed by atoms with Crippen LogP contribution < -0.4 is 0 Å². The van der Waals surface area contributed by atoms with E-state index in [1.165, 1.54) is 0 Å². The molecular formula is C6H13BO2. The summed E-state index contributed by atoms with van der Waals surface area (Å²) in [6.45, 7) is 2.29. The Morgan fingerprint density at radius 2 is 2.44 bits per heavy atom. The van der Waals surface area contributed by atoms with E-state index in [0.717, 1.165) is 6.42 Å². The molecule has 0 spiro atoms. The van der Waals surface area contributed by atoms with Crippen molar-refractivity contribution in [1.82, 2.24) is 0 Å². The van der Waals surface area contributed by atoms with E-state index in [2.05, 4.69) is 6.92 Å². The van der Waals surface area contributed by atoms with E-state index in [-0.39, 0.29) is 12.7 Å². The molecule has 1 rings (SSSR count). The van der Waals surface area contributed by atoms with E-state index in [1.807, 2.05) is 7.85 Å². The zero-order valence-electron chi connectivity index (χ0n) is 6.00. The minimum atomic E-state index is 0.0972. The minimum absolute atomic E-state index is 0.0972. The third-order valence-corrected chi connectivity index (χ3v) is 1.93. The van der Waals surface area contributed by atoms with Gasteiger partial charge in [0, 0.05) is 6.00 Å². The molecule has 0 aromatic heterocycles. The Morgan fingerprint density at radius 1 is 1.78 bits per heavy atom. The maximum Gasteiger partial charge on any atom is 0.139 e. The Kier molecular flexibility index (Phi) is 2.14. The fourth-order valence-electron chi connectivity index (χ4n) is 1.39. The van der Waals surface area contributed by atoms with E-state index in [1.54, 1.807) is 0 Å². The van der Waals surface area contributed by atoms with Crippen molar-refractivity contribution < 1.29 is 9.84 Å². The highest BCUT2D eigenvalue weighted by Gasteiger charge is 2.28. The molecule has 0 aliphatic carbocycles. The molecule has 2 nitrogen and oxygen atoms in total. The smallest absolute Gasteiger partial charge is 0.139 e. The SMILES string of the molecule is B[C@H]1CC(C)[C@@H](CO)O1. The van der Waals surface area contributed by atoms with E-state index in [9.17, 15) is 0 Å². The molecular weight excluding hydrogens is 115 g/mol. The second-order valence-corrected chi connectivity index (χ2v) is 2.88. The lowest BCUT2D eigenvalue weighted by Crippen LogP contribution is -2.18. The molecule has 9 heavy (non-hydrogen) atoms. The second kappa shape index (κ2) is 2.71. The maximum atomic E-state index is 8.73. The van der Waals surface area contributed by atoms with Gasteiger partial charge >= 0.3 is 0 Å². The largest absolute Gasteiger partial charge is 0.394 e. The molecule has 1 unspecified atom stereocenters. The molecule has 0 bridgehead atoms. The lowest BCUT2D eigenvalue weighted by atomic mass is 9.92. The molecule has 1 aliphatic rings. The van der Waals surface area contributed by atoms with Crippen LogP contribution in [0.15, 0.2) is 0 Å². The summed E-state index contributed by atoms with van der Waals surface area (Å²) in [4.78, 5) is 0. The molecule has 1 heterocycles. The van der Waals surface area contributed by atoms with Gasteiger partial charge in [0.1, 0.15) is 7.85 Å². The van der Waals surface area contributed by atoms with Crippen LogP contribution in [-0.2, 0) is 4.74 Å². The van der Waals surface area contributed by atoms with Gasteiger partial charge < -0.3 is 9.84 Å². The predicted molar refractivity (Wildman–Crippen MR) is 38.1 cm³/mol. The third kappa shape index (κ3) is 1.46. The lowest BCUT2D eigenvalue weighted by molar-refractivity contribution is 0.0293. The van der Waals surface area contributed by atoms with Gasteiger partial charge in [0.2, 0.25) is 0 Å². The number of hydrogen-bond acceptors (Lipinski definition) is 2. The van der Waals surface area contributed by atoms with Gasteiger partial charge in [0.05, 0.1) is 12.7 Å². The average molecular weight is 128 g/mol. The number of hydrogen-bond donors (Lipinski definition) is 1. The van der Waals surface area contributed by atoms with Gasteiger partial charge in [-0.2, -0.15) is 0 Å². The van der Waals surface area contributed by atoms with Crippen LogP contribution in [0.2, 0.25) is 0 Å². The molecule has 3 heteroatoms. The minimum Gasteiger partial charge on any atom is -0.394 e. The summed E-state index contributed by atoms with van der Waals surface area (Å²) in [6.07, 6.45) is 1.19. The second-order valence-electron chi connectivity index (χ2n) is 2.88. The Bertz CT molecular complexity index is 97.1. The van der Waals surface area contributed by atoms with Crippen molar-refractivity contribution in [3.8, 4) is 0 Å². The van der Waals surface area contributed by atoms with Crippen molar-refractivity contribution in [2.45, 2.75) is 25.5 Å². The predicted octanol–water partition coefficient (Wildman–Crippen LogP) is -0.637. The summed E-state index contributed by atoms with van der Waals surface area (Å²) in [5.41, 5.74) is 0. The Labute approximate surface area is 56.6 Å². The Balaban J connectivity index is 2.38. The monoisotopic (exact) mass is 128 g/mol. The highest BCUT2D eigenvalue weighted by molar-refractivity contribution is 6.11. The van der Waals surface area contributed by atoms with Gasteiger partial charge in [0.15, 0.2) is 0 Å². The third-order valence-electron chi connectivity index (χ3n) is 1.93. The van der Waals surface area contributed by atoms with Gasteiger partial charge in [-0.3, -0.25) is 0 Å². The van der Waals surface area contributed by atoms with Crippen LogP contribution in [0.4, 0.5) is 0 Å². The summed E-state index contributed by atoms with van der Waals surface area (Å²) in [6, 6.07) is 0.345. The lowest BCUT2D eigenvalue weighted by Gasteiger charge is -2.09. The molecule has 0 amide bonds. The number of aliphatic hydroxyl groups excluding tert-OH is 1. The Hall–Kier alpha value is -0.0151. The average Bonchev–Trinajstić information content (AvgIpc) is 2.10. The van der Waals surface area contributed by atoms with Gasteiger partial charge in [-0.25, -0.2) is 0 Å². The summed E-state index contributed by atoms with van der Waals surface area (Å²) in [5, 5.41) is 8.73. The van der Waals surface area contributed by atoms with Gasteiger partial charge in [-0.15, -0.1) is 0 Å². The van der Waals surface area contributed by atoms with Crippen LogP contribution in [0.25, 0.3) is 0 Å². The zero-order chi connectivity index (χ0) is 6.85.